The maximum Gasteiger partial charge on any atom is 0.165 e. The molecule has 0 amide bonds. The molecule has 0 fully saturated rings. The van der Waals surface area contributed by atoms with Gasteiger partial charge in [0, 0.05) is 6.04 Å². The molecule has 0 aromatic heterocycles. The average molecular weight is 273 g/mol. The van der Waals surface area contributed by atoms with E-state index in [9.17, 15) is 4.39 Å². The average Bonchev–Trinajstić information content (AvgIpc) is 2.42. The second kappa shape index (κ2) is 6.06. The van der Waals surface area contributed by atoms with Crippen LogP contribution in [0.5, 0.6) is 5.75 Å². The van der Waals surface area contributed by atoms with Gasteiger partial charge in [-0.3, -0.25) is 0 Å². The lowest BCUT2D eigenvalue weighted by Crippen LogP contribution is -2.14. The van der Waals surface area contributed by atoms with Gasteiger partial charge in [-0.2, -0.15) is 0 Å². The van der Waals surface area contributed by atoms with E-state index >= 15 is 0 Å². The van der Waals surface area contributed by atoms with Crippen molar-refractivity contribution in [2.75, 3.05) is 7.11 Å². The van der Waals surface area contributed by atoms with Crippen molar-refractivity contribution in [2.24, 2.45) is 5.73 Å². The summed E-state index contributed by atoms with van der Waals surface area (Å²) in [6, 6.07) is 11.0. The summed E-state index contributed by atoms with van der Waals surface area (Å²) in [5, 5.41) is 0. The highest BCUT2D eigenvalue weighted by atomic mass is 19.1. The van der Waals surface area contributed by atoms with Gasteiger partial charge >= 0.3 is 0 Å². The number of benzene rings is 2. The van der Waals surface area contributed by atoms with Crippen molar-refractivity contribution in [3.63, 3.8) is 0 Å². The molecule has 0 bridgehead atoms. The third kappa shape index (κ3) is 3.17. The molecule has 0 radical (unpaired) electrons. The topological polar surface area (TPSA) is 35.2 Å². The summed E-state index contributed by atoms with van der Waals surface area (Å²) in [5.41, 5.74) is 10.6. The summed E-state index contributed by atoms with van der Waals surface area (Å²) in [5.74, 6) is -0.130. The van der Waals surface area contributed by atoms with Gasteiger partial charge in [0.15, 0.2) is 11.6 Å². The van der Waals surface area contributed by atoms with Gasteiger partial charge in [0.2, 0.25) is 0 Å². The molecule has 2 aromatic rings. The highest BCUT2D eigenvalue weighted by Gasteiger charge is 2.12. The molecule has 2 rings (SSSR count). The zero-order chi connectivity index (χ0) is 14.7. The summed E-state index contributed by atoms with van der Waals surface area (Å²) in [7, 11) is 1.45. The molecule has 1 atom stereocenters. The minimum Gasteiger partial charge on any atom is -0.494 e. The monoisotopic (exact) mass is 273 g/mol. The van der Waals surface area contributed by atoms with E-state index in [0.29, 0.717) is 6.42 Å². The van der Waals surface area contributed by atoms with Gasteiger partial charge in [-0.25, -0.2) is 4.39 Å². The molecular weight excluding hydrogens is 253 g/mol. The van der Waals surface area contributed by atoms with Crippen molar-refractivity contribution in [2.45, 2.75) is 26.3 Å². The highest BCUT2D eigenvalue weighted by Crippen LogP contribution is 2.24. The van der Waals surface area contributed by atoms with E-state index < -0.39 is 0 Å². The molecule has 0 heterocycles. The Balaban J connectivity index is 2.21. The number of methoxy groups -OCH3 is 1. The van der Waals surface area contributed by atoms with Crippen molar-refractivity contribution in [3.05, 3.63) is 64.5 Å². The normalized spacial score (nSPS) is 12.2. The van der Waals surface area contributed by atoms with Crippen LogP contribution in [-0.4, -0.2) is 7.11 Å². The van der Waals surface area contributed by atoms with Crippen molar-refractivity contribution >= 4 is 0 Å². The Morgan fingerprint density at radius 2 is 1.90 bits per heavy atom. The Labute approximate surface area is 119 Å². The van der Waals surface area contributed by atoms with Gasteiger partial charge in [0.1, 0.15) is 0 Å². The maximum absolute atomic E-state index is 13.7. The van der Waals surface area contributed by atoms with E-state index in [2.05, 4.69) is 32.0 Å². The molecule has 0 aliphatic carbocycles. The van der Waals surface area contributed by atoms with Crippen LogP contribution in [0.4, 0.5) is 4.39 Å². The first-order chi connectivity index (χ1) is 9.51. The second-order valence-corrected chi connectivity index (χ2v) is 5.13. The van der Waals surface area contributed by atoms with E-state index in [1.54, 1.807) is 6.07 Å². The lowest BCUT2D eigenvalue weighted by atomic mass is 9.95. The molecule has 0 spiro atoms. The van der Waals surface area contributed by atoms with Gasteiger partial charge in [0.05, 0.1) is 7.11 Å². The predicted octanol–water partition coefficient (Wildman–Crippen LogP) is 3.69. The second-order valence-electron chi connectivity index (χ2n) is 5.13. The molecule has 20 heavy (non-hydrogen) atoms. The molecule has 106 valence electrons. The molecule has 3 heteroatoms. The third-order valence-corrected chi connectivity index (χ3v) is 3.55. The quantitative estimate of drug-likeness (QED) is 0.922. The zero-order valence-electron chi connectivity index (χ0n) is 12.1. The van der Waals surface area contributed by atoms with E-state index in [-0.39, 0.29) is 17.6 Å². The van der Waals surface area contributed by atoms with Crippen LogP contribution < -0.4 is 10.5 Å². The maximum atomic E-state index is 13.7. The Morgan fingerprint density at radius 3 is 2.55 bits per heavy atom. The number of hydrogen-bond donors (Lipinski definition) is 1. The van der Waals surface area contributed by atoms with Crippen LogP contribution in [0.15, 0.2) is 36.4 Å². The van der Waals surface area contributed by atoms with Crippen LogP contribution >= 0.6 is 0 Å². The molecule has 0 saturated heterocycles. The fraction of sp³-hybridized carbons (Fsp3) is 0.294. The lowest BCUT2D eigenvalue weighted by Gasteiger charge is -2.15. The molecule has 2 nitrogen and oxygen atoms in total. The van der Waals surface area contributed by atoms with Crippen molar-refractivity contribution in [3.8, 4) is 5.75 Å². The Kier molecular flexibility index (Phi) is 4.40. The van der Waals surface area contributed by atoms with Gasteiger partial charge in [-0.15, -0.1) is 0 Å². The third-order valence-electron chi connectivity index (χ3n) is 3.55. The number of ether oxygens (including phenoxy) is 1. The van der Waals surface area contributed by atoms with Crippen molar-refractivity contribution in [1.82, 2.24) is 0 Å². The smallest absolute Gasteiger partial charge is 0.165 e. The number of nitrogens with two attached hydrogens (primary N) is 1. The first kappa shape index (κ1) is 14.5. The van der Waals surface area contributed by atoms with E-state index in [1.165, 1.54) is 29.9 Å². The summed E-state index contributed by atoms with van der Waals surface area (Å²) < 4.78 is 18.6. The Morgan fingerprint density at radius 1 is 1.15 bits per heavy atom. The van der Waals surface area contributed by atoms with Crippen molar-refractivity contribution < 1.29 is 9.13 Å². The molecule has 2 aromatic carbocycles. The van der Waals surface area contributed by atoms with Gasteiger partial charge < -0.3 is 10.5 Å². The van der Waals surface area contributed by atoms with Crippen LogP contribution in [0.2, 0.25) is 0 Å². The van der Waals surface area contributed by atoms with Crippen LogP contribution in [0.3, 0.4) is 0 Å². The van der Waals surface area contributed by atoms with Gasteiger partial charge in [0.25, 0.3) is 0 Å². The van der Waals surface area contributed by atoms with Crippen LogP contribution in [0, 0.1) is 19.7 Å². The standard InChI is InChI=1S/C17H20FNO/c1-11-4-5-12(2)14(8-11)10-16(19)13-6-7-17(20-3)15(18)9-13/h4-9,16H,10,19H2,1-3H3. The summed E-state index contributed by atoms with van der Waals surface area (Å²) in [4.78, 5) is 0. The number of aryl methyl sites for hydroxylation is 2. The van der Waals surface area contributed by atoms with Crippen LogP contribution in [0.25, 0.3) is 0 Å². The number of halogens is 1. The van der Waals surface area contributed by atoms with E-state index in [4.69, 9.17) is 10.5 Å². The SMILES string of the molecule is COc1ccc(C(N)Cc2cc(C)ccc2C)cc1F. The number of hydrogen-bond acceptors (Lipinski definition) is 2. The minimum absolute atomic E-state index is 0.226. The first-order valence-electron chi connectivity index (χ1n) is 6.66. The van der Waals surface area contributed by atoms with Crippen LogP contribution in [0.1, 0.15) is 28.3 Å². The first-order valence-corrected chi connectivity index (χ1v) is 6.66. The number of rotatable bonds is 4. The molecule has 1 unspecified atom stereocenters. The molecule has 0 aliphatic heterocycles. The fourth-order valence-electron chi connectivity index (χ4n) is 2.29. The summed E-state index contributed by atoms with van der Waals surface area (Å²) in [6.45, 7) is 4.12. The molecule has 0 saturated carbocycles. The Bertz CT molecular complexity index is 610. The van der Waals surface area contributed by atoms with Gasteiger partial charge in [-0.05, 0) is 49.1 Å². The van der Waals surface area contributed by atoms with Gasteiger partial charge in [-0.1, -0.05) is 29.8 Å². The molecule has 0 aliphatic rings. The van der Waals surface area contributed by atoms with E-state index in [1.807, 2.05) is 6.07 Å². The fourth-order valence-corrected chi connectivity index (χ4v) is 2.29. The van der Waals surface area contributed by atoms with E-state index in [0.717, 1.165) is 5.56 Å². The van der Waals surface area contributed by atoms with Crippen LogP contribution in [-0.2, 0) is 6.42 Å². The minimum atomic E-state index is -0.374. The zero-order valence-corrected chi connectivity index (χ0v) is 12.1. The largest absolute Gasteiger partial charge is 0.494 e. The lowest BCUT2D eigenvalue weighted by molar-refractivity contribution is 0.386. The molecular formula is C17H20FNO. The molecule has 2 N–H and O–H groups in total. The summed E-state index contributed by atoms with van der Waals surface area (Å²) >= 11 is 0. The highest BCUT2D eigenvalue weighted by molar-refractivity contribution is 5.35. The summed E-state index contributed by atoms with van der Waals surface area (Å²) in [6.07, 6.45) is 0.694. The Hall–Kier alpha value is -1.87. The van der Waals surface area contributed by atoms with Crippen molar-refractivity contribution in [1.29, 1.82) is 0 Å². The predicted molar refractivity (Wildman–Crippen MR) is 79.5 cm³/mol.